The number of aryl methyl sites for hydroxylation is 1. The van der Waals surface area contributed by atoms with Crippen molar-refractivity contribution in [1.29, 1.82) is 0 Å². The maximum atomic E-state index is 3.53. The largest absolute Gasteiger partial charge is 0.353 e. The Morgan fingerprint density at radius 1 is 1.45 bits per heavy atom. The Hall–Kier alpha value is -0.280. The van der Waals surface area contributed by atoms with Crippen LogP contribution >= 0.6 is 15.9 Å². The Labute approximate surface area is 73.5 Å². The first-order chi connectivity index (χ1) is 5.36. The molecule has 3 rings (SSSR count). The second-order valence-corrected chi connectivity index (χ2v) is 4.07. The van der Waals surface area contributed by atoms with Crippen molar-refractivity contribution in [3.63, 3.8) is 0 Å². The van der Waals surface area contributed by atoms with Gasteiger partial charge in [-0.3, -0.25) is 0 Å². The minimum Gasteiger partial charge on any atom is -0.353 e. The van der Waals surface area contributed by atoms with Crippen LogP contribution in [0.25, 0.3) is 0 Å². The summed E-state index contributed by atoms with van der Waals surface area (Å²) in [6.45, 7) is 1.04. The highest BCUT2D eigenvalue weighted by Crippen LogP contribution is 2.41. The quantitative estimate of drug-likeness (QED) is 0.676. The van der Waals surface area contributed by atoms with Gasteiger partial charge in [0.15, 0.2) is 0 Å². The van der Waals surface area contributed by atoms with Gasteiger partial charge < -0.3 is 10.3 Å². The lowest BCUT2D eigenvalue weighted by Gasteiger charge is -2.00. The van der Waals surface area contributed by atoms with Crippen molar-refractivity contribution < 1.29 is 0 Å². The molecule has 0 fully saturated rings. The van der Waals surface area contributed by atoms with Gasteiger partial charge in [0.2, 0.25) is 0 Å². The summed E-state index contributed by atoms with van der Waals surface area (Å²) in [6.07, 6.45) is 2.49. The molecule has 0 aromatic carbocycles. The molecule has 0 saturated heterocycles. The maximum absolute atomic E-state index is 3.53. The summed E-state index contributed by atoms with van der Waals surface area (Å²) in [4.78, 5) is 3.38. The first-order valence-corrected chi connectivity index (χ1v) is 4.78. The average molecular weight is 213 g/mol. The van der Waals surface area contributed by atoms with Gasteiger partial charge in [0.1, 0.15) is 0 Å². The molecule has 1 atom stereocenters. The Balaban J connectivity index is 2.31. The smallest absolute Gasteiger partial charge is 0.0871 e. The van der Waals surface area contributed by atoms with E-state index in [1.165, 1.54) is 28.7 Å². The first kappa shape index (κ1) is 6.26. The van der Waals surface area contributed by atoms with Gasteiger partial charge in [-0.15, -0.1) is 0 Å². The molecule has 2 N–H and O–H groups in total. The lowest BCUT2D eigenvalue weighted by Crippen LogP contribution is -2.09. The second kappa shape index (κ2) is 1.90. The van der Waals surface area contributed by atoms with E-state index < -0.39 is 0 Å². The third kappa shape index (κ3) is 0.656. The van der Waals surface area contributed by atoms with Gasteiger partial charge in [-0.2, -0.15) is 0 Å². The van der Waals surface area contributed by atoms with Crippen LogP contribution < -0.4 is 5.32 Å². The van der Waals surface area contributed by atoms with E-state index in [1.807, 2.05) is 0 Å². The predicted octanol–water partition coefficient (Wildman–Crippen LogP) is 1.87. The molecule has 1 aliphatic carbocycles. The number of H-pyrrole nitrogens is 1. The van der Waals surface area contributed by atoms with Gasteiger partial charge in [0, 0.05) is 23.8 Å². The van der Waals surface area contributed by atoms with Crippen molar-refractivity contribution in [2.75, 3.05) is 0 Å². The summed E-state index contributed by atoms with van der Waals surface area (Å²) in [7, 11) is 0. The monoisotopic (exact) mass is 212 g/mol. The minimum atomic E-state index is 0.655. The van der Waals surface area contributed by atoms with Crippen molar-refractivity contribution >= 4 is 15.9 Å². The third-order valence-electron chi connectivity index (χ3n) is 2.73. The molecule has 0 bridgehead atoms. The second-order valence-electron chi connectivity index (χ2n) is 3.28. The number of hydrogen-bond donors (Lipinski definition) is 2. The van der Waals surface area contributed by atoms with Gasteiger partial charge >= 0.3 is 0 Å². The van der Waals surface area contributed by atoms with E-state index >= 15 is 0 Å². The normalized spacial score (nSPS) is 26.1. The van der Waals surface area contributed by atoms with Crippen molar-refractivity contribution in [3.05, 3.63) is 21.4 Å². The molecule has 3 heteroatoms. The molecule has 0 saturated carbocycles. The predicted molar refractivity (Wildman–Crippen MR) is 46.4 cm³/mol. The fraction of sp³-hybridized carbons (Fsp3) is 0.500. The van der Waals surface area contributed by atoms with Crippen molar-refractivity contribution in [3.8, 4) is 0 Å². The highest BCUT2D eigenvalue weighted by molar-refractivity contribution is 9.10. The van der Waals surface area contributed by atoms with Gasteiger partial charge in [0.05, 0.1) is 4.60 Å². The lowest BCUT2D eigenvalue weighted by atomic mass is 10.2. The number of halogens is 1. The van der Waals surface area contributed by atoms with Gasteiger partial charge in [-0.05, 0) is 34.3 Å². The van der Waals surface area contributed by atoms with Crippen LogP contribution in [0.1, 0.15) is 29.3 Å². The summed E-state index contributed by atoms with van der Waals surface area (Å²) in [5.41, 5.74) is 4.46. The lowest BCUT2D eigenvalue weighted by molar-refractivity contribution is 0.573. The maximum Gasteiger partial charge on any atom is 0.0871 e. The molecule has 11 heavy (non-hydrogen) atoms. The summed E-state index contributed by atoms with van der Waals surface area (Å²) < 4.78 is 1.19. The molecule has 1 aromatic rings. The fourth-order valence-electron chi connectivity index (χ4n) is 2.23. The number of nitrogens with one attached hydrogen (secondary N) is 2. The average Bonchev–Trinajstić information content (AvgIpc) is 2.53. The Morgan fingerprint density at radius 2 is 2.36 bits per heavy atom. The molecule has 1 aliphatic heterocycles. The van der Waals surface area contributed by atoms with Crippen LogP contribution in [-0.2, 0) is 13.0 Å². The number of hydrogen-bond acceptors (Lipinski definition) is 1. The Kier molecular flexibility index (Phi) is 1.08. The van der Waals surface area contributed by atoms with Crippen molar-refractivity contribution in [2.45, 2.75) is 25.4 Å². The summed E-state index contributed by atoms with van der Waals surface area (Å²) >= 11 is 3.53. The van der Waals surface area contributed by atoms with Crippen LogP contribution in [0, 0.1) is 0 Å². The molecule has 2 aliphatic rings. The van der Waals surface area contributed by atoms with Crippen LogP contribution in [0.5, 0.6) is 0 Å². The molecular formula is C8H9BrN2. The first-order valence-electron chi connectivity index (χ1n) is 3.99. The molecule has 2 heterocycles. The van der Waals surface area contributed by atoms with Crippen LogP contribution in [0.3, 0.4) is 0 Å². The Bertz CT molecular complexity index is 316. The van der Waals surface area contributed by atoms with Crippen molar-refractivity contribution in [1.82, 2.24) is 10.3 Å². The number of aromatic nitrogens is 1. The van der Waals surface area contributed by atoms with Gasteiger partial charge in [-0.1, -0.05) is 0 Å². The molecule has 2 nitrogen and oxygen atoms in total. The third-order valence-corrected chi connectivity index (χ3v) is 3.41. The molecule has 0 amide bonds. The van der Waals surface area contributed by atoms with Crippen LogP contribution in [0.15, 0.2) is 4.60 Å². The van der Waals surface area contributed by atoms with Gasteiger partial charge in [-0.25, -0.2) is 0 Å². The summed E-state index contributed by atoms with van der Waals surface area (Å²) in [5.74, 6) is 0. The number of aromatic amines is 1. The minimum absolute atomic E-state index is 0.655. The Morgan fingerprint density at radius 3 is 3.27 bits per heavy atom. The SMILES string of the molecule is Brc1[nH]c2c3c1CNC3CC2. The zero-order chi connectivity index (χ0) is 7.42. The fourth-order valence-corrected chi connectivity index (χ4v) is 2.82. The highest BCUT2D eigenvalue weighted by atomic mass is 79.9. The summed E-state index contributed by atoms with van der Waals surface area (Å²) in [6, 6.07) is 0.655. The van der Waals surface area contributed by atoms with E-state index in [4.69, 9.17) is 0 Å². The van der Waals surface area contributed by atoms with E-state index in [2.05, 4.69) is 26.2 Å². The van der Waals surface area contributed by atoms with E-state index in [9.17, 15) is 0 Å². The van der Waals surface area contributed by atoms with E-state index in [1.54, 1.807) is 5.56 Å². The van der Waals surface area contributed by atoms with E-state index in [0.29, 0.717) is 6.04 Å². The molecule has 0 spiro atoms. The molecule has 0 radical (unpaired) electrons. The standard InChI is InChI=1S/C8H9BrN2/c9-8-4-3-10-5-1-2-6(11-8)7(4)5/h5,10-11H,1-3H2. The molecule has 58 valence electrons. The summed E-state index contributed by atoms with van der Waals surface area (Å²) in [5, 5.41) is 3.49. The molecular weight excluding hydrogens is 204 g/mol. The van der Waals surface area contributed by atoms with E-state index in [-0.39, 0.29) is 0 Å². The highest BCUT2D eigenvalue weighted by Gasteiger charge is 2.33. The van der Waals surface area contributed by atoms with Crippen LogP contribution in [-0.4, -0.2) is 4.98 Å². The van der Waals surface area contributed by atoms with Crippen LogP contribution in [0.2, 0.25) is 0 Å². The molecule has 1 aromatic heterocycles. The number of rotatable bonds is 0. The van der Waals surface area contributed by atoms with Crippen LogP contribution in [0.4, 0.5) is 0 Å². The zero-order valence-electron chi connectivity index (χ0n) is 6.08. The van der Waals surface area contributed by atoms with Gasteiger partial charge in [0.25, 0.3) is 0 Å². The molecule has 1 unspecified atom stereocenters. The van der Waals surface area contributed by atoms with E-state index in [0.717, 1.165) is 6.54 Å². The van der Waals surface area contributed by atoms with Crippen molar-refractivity contribution in [2.24, 2.45) is 0 Å². The topological polar surface area (TPSA) is 27.8 Å². The zero-order valence-corrected chi connectivity index (χ0v) is 7.66.